The van der Waals surface area contributed by atoms with Gasteiger partial charge in [-0.05, 0) is 36.7 Å². The molecule has 1 heterocycles. The quantitative estimate of drug-likeness (QED) is 0.867. The summed E-state index contributed by atoms with van der Waals surface area (Å²) in [6.45, 7) is 6.53. The Bertz CT molecular complexity index is 392. The molecule has 0 amide bonds. The number of rotatable bonds is 5. The number of hydrogen-bond donors (Lipinski definition) is 2. The van der Waals surface area contributed by atoms with Gasteiger partial charge in [-0.15, -0.1) is 0 Å². The SMILES string of the molecule is CC(C)OC[C@H](C)Nc1cn[nH]c(=O)c1Br. The molecule has 6 heteroatoms. The third-order valence-electron chi connectivity index (χ3n) is 1.88. The van der Waals surface area contributed by atoms with Crippen LogP contribution in [0.2, 0.25) is 0 Å². The highest BCUT2D eigenvalue weighted by Crippen LogP contribution is 2.16. The molecular weight excluding hydrogens is 274 g/mol. The third-order valence-corrected chi connectivity index (χ3v) is 2.66. The lowest BCUT2D eigenvalue weighted by molar-refractivity contribution is 0.0743. The summed E-state index contributed by atoms with van der Waals surface area (Å²) in [5, 5.41) is 9.21. The normalized spacial score (nSPS) is 12.8. The van der Waals surface area contributed by atoms with Crippen LogP contribution in [0.25, 0.3) is 0 Å². The second kappa shape index (κ2) is 6.00. The number of nitrogens with one attached hydrogen (secondary N) is 2. The van der Waals surface area contributed by atoms with Gasteiger partial charge in [0.1, 0.15) is 4.47 Å². The largest absolute Gasteiger partial charge is 0.378 e. The third kappa shape index (κ3) is 3.94. The van der Waals surface area contributed by atoms with Gasteiger partial charge < -0.3 is 10.1 Å². The van der Waals surface area contributed by atoms with Crippen molar-refractivity contribution in [3.8, 4) is 0 Å². The molecule has 2 N–H and O–H groups in total. The maximum Gasteiger partial charge on any atom is 0.280 e. The molecule has 0 saturated carbocycles. The lowest BCUT2D eigenvalue weighted by atomic mass is 10.3. The average Bonchev–Trinajstić information content (AvgIpc) is 2.22. The number of halogens is 1. The second-order valence-corrected chi connectivity index (χ2v) is 4.65. The Morgan fingerprint density at radius 3 is 2.88 bits per heavy atom. The zero-order chi connectivity index (χ0) is 12.1. The van der Waals surface area contributed by atoms with Crippen molar-refractivity contribution in [2.24, 2.45) is 0 Å². The predicted molar refractivity (Wildman–Crippen MR) is 66.7 cm³/mol. The minimum atomic E-state index is -0.248. The summed E-state index contributed by atoms with van der Waals surface area (Å²) in [5.74, 6) is 0. The molecule has 5 nitrogen and oxygen atoms in total. The molecule has 0 fully saturated rings. The van der Waals surface area contributed by atoms with Gasteiger partial charge in [0, 0.05) is 6.04 Å². The van der Waals surface area contributed by atoms with E-state index in [9.17, 15) is 4.79 Å². The van der Waals surface area contributed by atoms with E-state index < -0.39 is 0 Å². The van der Waals surface area contributed by atoms with Crippen molar-refractivity contribution in [3.05, 3.63) is 21.0 Å². The fourth-order valence-electron chi connectivity index (χ4n) is 1.13. The Labute approximate surface area is 103 Å². The number of H-pyrrole nitrogens is 1. The van der Waals surface area contributed by atoms with E-state index in [1.807, 2.05) is 20.8 Å². The Morgan fingerprint density at radius 2 is 2.25 bits per heavy atom. The maximum atomic E-state index is 11.3. The first kappa shape index (κ1) is 13.2. The Kier molecular flexibility index (Phi) is 4.95. The van der Waals surface area contributed by atoms with Crippen LogP contribution >= 0.6 is 15.9 Å². The van der Waals surface area contributed by atoms with Gasteiger partial charge in [0.15, 0.2) is 0 Å². The molecule has 0 aliphatic heterocycles. The maximum absolute atomic E-state index is 11.3. The zero-order valence-electron chi connectivity index (χ0n) is 9.58. The first-order valence-corrected chi connectivity index (χ1v) is 5.91. The van der Waals surface area contributed by atoms with Crippen molar-refractivity contribution in [1.29, 1.82) is 0 Å². The summed E-state index contributed by atoms with van der Waals surface area (Å²) in [6, 6.07) is 0.113. The highest BCUT2D eigenvalue weighted by atomic mass is 79.9. The number of anilines is 1. The summed E-state index contributed by atoms with van der Waals surface area (Å²) in [5.41, 5.74) is 0.422. The molecule has 0 aliphatic carbocycles. The van der Waals surface area contributed by atoms with Crippen LogP contribution < -0.4 is 10.9 Å². The smallest absolute Gasteiger partial charge is 0.280 e. The summed E-state index contributed by atoms with van der Waals surface area (Å²) >= 11 is 3.20. The molecule has 0 saturated heterocycles. The van der Waals surface area contributed by atoms with E-state index in [-0.39, 0.29) is 17.7 Å². The van der Waals surface area contributed by atoms with Gasteiger partial charge in [0.25, 0.3) is 5.56 Å². The molecule has 0 spiro atoms. The first-order valence-electron chi connectivity index (χ1n) is 5.12. The molecule has 0 unspecified atom stereocenters. The van der Waals surface area contributed by atoms with Crippen molar-refractivity contribution < 1.29 is 4.74 Å². The van der Waals surface area contributed by atoms with Crippen LogP contribution in [0.1, 0.15) is 20.8 Å². The van der Waals surface area contributed by atoms with E-state index in [1.165, 1.54) is 0 Å². The Balaban J connectivity index is 2.59. The van der Waals surface area contributed by atoms with Gasteiger partial charge in [-0.1, -0.05) is 0 Å². The molecule has 0 bridgehead atoms. The lowest BCUT2D eigenvalue weighted by Crippen LogP contribution is -2.25. The van der Waals surface area contributed by atoms with Gasteiger partial charge in [0.2, 0.25) is 0 Å². The van der Waals surface area contributed by atoms with Crippen LogP contribution in [-0.4, -0.2) is 29.0 Å². The van der Waals surface area contributed by atoms with E-state index >= 15 is 0 Å². The van der Waals surface area contributed by atoms with Gasteiger partial charge in [-0.2, -0.15) is 5.10 Å². The standard InChI is InChI=1S/C10H16BrN3O2/c1-6(2)16-5-7(3)13-8-4-12-14-10(15)9(8)11/h4,6-7H,5H2,1-3H3,(H2,13,14,15)/t7-/m0/s1. The highest BCUT2D eigenvalue weighted by molar-refractivity contribution is 9.10. The van der Waals surface area contributed by atoms with Gasteiger partial charge in [0.05, 0.1) is 24.6 Å². The molecular formula is C10H16BrN3O2. The van der Waals surface area contributed by atoms with Crippen molar-refractivity contribution in [3.63, 3.8) is 0 Å². The molecule has 1 atom stereocenters. The van der Waals surface area contributed by atoms with Crippen molar-refractivity contribution in [2.75, 3.05) is 11.9 Å². The molecule has 90 valence electrons. The second-order valence-electron chi connectivity index (χ2n) is 3.85. The number of hydrogen-bond acceptors (Lipinski definition) is 4. The molecule has 16 heavy (non-hydrogen) atoms. The molecule has 0 radical (unpaired) electrons. The summed E-state index contributed by atoms with van der Waals surface area (Å²) in [6.07, 6.45) is 1.77. The molecule has 1 rings (SSSR count). The van der Waals surface area contributed by atoms with Crippen molar-refractivity contribution in [2.45, 2.75) is 32.9 Å². The monoisotopic (exact) mass is 289 g/mol. The Hall–Kier alpha value is -0.880. The zero-order valence-corrected chi connectivity index (χ0v) is 11.2. The Morgan fingerprint density at radius 1 is 1.56 bits per heavy atom. The van der Waals surface area contributed by atoms with Crippen LogP contribution in [-0.2, 0) is 4.74 Å². The minimum absolute atomic E-state index is 0.113. The fraction of sp³-hybridized carbons (Fsp3) is 0.600. The van der Waals surface area contributed by atoms with E-state index in [1.54, 1.807) is 6.20 Å². The molecule has 1 aromatic heterocycles. The van der Waals surface area contributed by atoms with E-state index in [0.29, 0.717) is 16.8 Å². The topological polar surface area (TPSA) is 67.0 Å². The van der Waals surface area contributed by atoms with Crippen LogP contribution in [0.5, 0.6) is 0 Å². The summed E-state index contributed by atoms with van der Waals surface area (Å²) in [7, 11) is 0. The predicted octanol–water partition coefficient (Wildman–Crippen LogP) is 1.76. The fourth-order valence-corrected chi connectivity index (χ4v) is 1.43. The van der Waals surface area contributed by atoms with Crippen molar-refractivity contribution in [1.82, 2.24) is 10.2 Å². The van der Waals surface area contributed by atoms with E-state index in [2.05, 4.69) is 31.4 Å². The van der Waals surface area contributed by atoms with Crippen LogP contribution in [0.3, 0.4) is 0 Å². The number of nitrogens with zero attached hydrogens (tertiary/aromatic N) is 1. The van der Waals surface area contributed by atoms with Crippen molar-refractivity contribution >= 4 is 21.6 Å². The summed E-state index contributed by atoms with van der Waals surface area (Å²) in [4.78, 5) is 11.3. The van der Waals surface area contributed by atoms with Gasteiger partial charge in [-0.25, -0.2) is 5.10 Å². The van der Waals surface area contributed by atoms with Gasteiger partial charge in [-0.3, -0.25) is 4.79 Å². The number of aromatic nitrogens is 2. The van der Waals surface area contributed by atoms with Crippen LogP contribution in [0.15, 0.2) is 15.5 Å². The number of aromatic amines is 1. The molecule has 0 aromatic carbocycles. The lowest BCUT2D eigenvalue weighted by Gasteiger charge is -2.17. The summed E-state index contributed by atoms with van der Waals surface area (Å²) < 4.78 is 5.92. The van der Waals surface area contributed by atoms with E-state index in [4.69, 9.17) is 4.74 Å². The average molecular weight is 290 g/mol. The van der Waals surface area contributed by atoms with E-state index in [0.717, 1.165) is 0 Å². The first-order chi connectivity index (χ1) is 7.50. The number of ether oxygens (including phenoxy) is 1. The minimum Gasteiger partial charge on any atom is -0.378 e. The molecule has 1 aromatic rings. The highest BCUT2D eigenvalue weighted by Gasteiger charge is 2.08. The van der Waals surface area contributed by atoms with Crippen LogP contribution in [0, 0.1) is 0 Å². The van der Waals surface area contributed by atoms with Gasteiger partial charge >= 0.3 is 0 Å². The molecule has 0 aliphatic rings. The van der Waals surface area contributed by atoms with Crippen LogP contribution in [0.4, 0.5) is 5.69 Å².